The van der Waals surface area contributed by atoms with Gasteiger partial charge in [-0.1, -0.05) is 6.07 Å². The van der Waals surface area contributed by atoms with E-state index in [2.05, 4.69) is 31.3 Å². The molecular formula is C11H14N2. The molecule has 1 atom stereocenters. The molecule has 0 saturated heterocycles. The van der Waals surface area contributed by atoms with Crippen LogP contribution >= 0.6 is 0 Å². The molecule has 0 saturated carbocycles. The van der Waals surface area contributed by atoms with Gasteiger partial charge in [0.25, 0.3) is 0 Å². The Morgan fingerprint density at radius 3 is 2.23 bits per heavy atom. The highest BCUT2D eigenvalue weighted by Gasteiger charge is 1.99. The Hall–Kier alpha value is -1.49. The lowest BCUT2D eigenvalue weighted by molar-refractivity contribution is 1.01. The zero-order valence-corrected chi connectivity index (χ0v) is 8.26. The maximum absolute atomic E-state index is 8.62. The quantitative estimate of drug-likeness (QED) is 0.748. The first-order valence-corrected chi connectivity index (χ1v) is 4.36. The number of aryl methyl sites for hydroxylation is 2. The number of nitrogens with zero attached hydrogens (tertiary/aromatic N) is 1. The summed E-state index contributed by atoms with van der Waals surface area (Å²) in [6.07, 6.45) is 0. The van der Waals surface area contributed by atoms with E-state index in [1.54, 1.807) is 0 Å². The van der Waals surface area contributed by atoms with Gasteiger partial charge < -0.3 is 5.32 Å². The second kappa shape index (κ2) is 3.95. The summed E-state index contributed by atoms with van der Waals surface area (Å²) in [5, 5.41) is 11.7. The molecule has 68 valence electrons. The third-order valence-corrected chi connectivity index (χ3v) is 1.80. The predicted octanol–water partition coefficient (Wildman–Crippen LogP) is 2.63. The Kier molecular flexibility index (Phi) is 2.92. The van der Waals surface area contributed by atoms with E-state index in [9.17, 15) is 0 Å². The van der Waals surface area contributed by atoms with E-state index >= 15 is 0 Å². The number of nitrogens with one attached hydrogen (secondary N) is 1. The highest BCUT2D eigenvalue weighted by molar-refractivity contribution is 5.49. The second-order valence-corrected chi connectivity index (χ2v) is 3.37. The van der Waals surface area contributed by atoms with Crippen LogP contribution < -0.4 is 5.32 Å². The normalized spacial score (nSPS) is 11.8. The van der Waals surface area contributed by atoms with E-state index < -0.39 is 0 Å². The number of rotatable bonds is 2. The van der Waals surface area contributed by atoms with Crippen molar-refractivity contribution in [2.45, 2.75) is 26.8 Å². The number of nitriles is 1. The molecule has 0 aromatic heterocycles. The van der Waals surface area contributed by atoms with Crippen LogP contribution in [0.15, 0.2) is 18.2 Å². The molecule has 1 unspecified atom stereocenters. The number of hydrogen-bond acceptors (Lipinski definition) is 2. The molecular weight excluding hydrogens is 160 g/mol. The summed E-state index contributed by atoms with van der Waals surface area (Å²) in [5.74, 6) is 0. The molecule has 0 spiro atoms. The van der Waals surface area contributed by atoms with Gasteiger partial charge in [0.05, 0.1) is 6.07 Å². The predicted molar refractivity (Wildman–Crippen MR) is 54.6 cm³/mol. The smallest absolute Gasteiger partial charge is 0.111 e. The first kappa shape index (κ1) is 9.60. The van der Waals surface area contributed by atoms with Crippen molar-refractivity contribution < 1.29 is 0 Å². The van der Waals surface area contributed by atoms with Gasteiger partial charge in [0.2, 0.25) is 0 Å². The van der Waals surface area contributed by atoms with Crippen LogP contribution in [-0.2, 0) is 0 Å². The number of anilines is 1. The van der Waals surface area contributed by atoms with Gasteiger partial charge in [-0.05, 0) is 44.0 Å². The van der Waals surface area contributed by atoms with Gasteiger partial charge >= 0.3 is 0 Å². The van der Waals surface area contributed by atoms with E-state index in [-0.39, 0.29) is 6.04 Å². The lowest BCUT2D eigenvalue weighted by atomic mass is 10.1. The molecule has 0 aliphatic carbocycles. The van der Waals surface area contributed by atoms with Gasteiger partial charge in [0, 0.05) is 5.69 Å². The van der Waals surface area contributed by atoms with Crippen LogP contribution in [-0.4, -0.2) is 6.04 Å². The van der Waals surface area contributed by atoms with Crippen molar-refractivity contribution in [1.29, 1.82) is 5.26 Å². The van der Waals surface area contributed by atoms with Crippen LogP contribution in [0.5, 0.6) is 0 Å². The molecule has 0 aliphatic heterocycles. The molecule has 1 aromatic carbocycles. The van der Waals surface area contributed by atoms with Crippen LogP contribution in [0, 0.1) is 25.2 Å². The van der Waals surface area contributed by atoms with Gasteiger partial charge in [-0.25, -0.2) is 0 Å². The molecule has 1 N–H and O–H groups in total. The summed E-state index contributed by atoms with van der Waals surface area (Å²) >= 11 is 0. The first-order valence-electron chi connectivity index (χ1n) is 4.36. The minimum atomic E-state index is -0.138. The first-order chi connectivity index (χ1) is 6.11. The molecule has 0 radical (unpaired) electrons. The average molecular weight is 174 g/mol. The van der Waals surface area contributed by atoms with Gasteiger partial charge in [-0.2, -0.15) is 5.26 Å². The molecule has 13 heavy (non-hydrogen) atoms. The fourth-order valence-electron chi connectivity index (χ4n) is 1.34. The lowest BCUT2D eigenvalue weighted by Crippen LogP contribution is -2.11. The zero-order chi connectivity index (χ0) is 9.84. The summed E-state index contributed by atoms with van der Waals surface area (Å²) in [6, 6.07) is 8.20. The fourth-order valence-corrected chi connectivity index (χ4v) is 1.34. The standard InChI is InChI=1S/C11H14N2/c1-8-4-9(2)6-11(5-8)13-10(3)7-12/h4-6,10,13H,1-3H3. The van der Waals surface area contributed by atoms with Crippen molar-refractivity contribution in [3.8, 4) is 6.07 Å². The van der Waals surface area contributed by atoms with Gasteiger partial charge in [0.15, 0.2) is 0 Å². The van der Waals surface area contributed by atoms with E-state index in [1.807, 2.05) is 19.1 Å². The maximum atomic E-state index is 8.62. The van der Waals surface area contributed by atoms with Gasteiger partial charge in [-0.3, -0.25) is 0 Å². The molecule has 0 amide bonds. The van der Waals surface area contributed by atoms with E-state index in [4.69, 9.17) is 5.26 Å². The lowest BCUT2D eigenvalue weighted by Gasteiger charge is -2.09. The largest absolute Gasteiger partial charge is 0.370 e. The third-order valence-electron chi connectivity index (χ3n) is 1.80. The maximum Gasteiger partial charge on any atom is 0.111 e. The number of benzene rings is 1. The monoisotopic (exact) mass is 174 g/mol. The van der Waals surface area contributed by atoms with Crippen LogP contribution in [0.1, 0.15) is 18.1 Å². The summed E-state index contributed by atoms with van der Waals surface area (Å²) < 4.78 is 0. The van der Waals surface area contributed by atoms with Crippen molar-refractivity contribution in [3.63, 3.8) is 0 Å². The van der Waals surface area contributed by atoms with Crippen LogP contribution in [0.3, 0.4) is 0 Å². The summed E-state index contributed by atoms with van der Waals surface area (Å²) in [6.45, 7) is 5.95. The fraction of sp³-hybridized carbons (Fsp3) is 0.364. The Morgan fingerprint density at radius 1 is 1.23 bits per heavy atom. The van der Waals surface area contributed by atoms with Crippen molar-refractivity contribution in [2.24, 2.45) is 0 Å². The molecule has 0 aliphatic rings. The summed E-state index contributed by atoms with van der Waals surface area (Å²) in [7, 11) is 0. The van der Waals surface area contributed by atoms with E-state index in [0.717, 1.165) is 5.69 Å². The topological polar surface area (TPSA) is 35.8 Å². The van der Waals surface area contributed by atoms with Crippen LogP contribution in [0.4, 0.5) is 5.69 Å². The average Bonchev–Trinajstić information content (AvgIpc) is 2.02. The van der Waals surface area contributed by atoms with Crippen molar-refractivity contribution >= 4 is 5.69 Å². The Morgan fingerprint density at radius 2 is 1.77 bits per heavy atom. The highest BCUT2D eigenvalue weighted by atomic mass is 14.9. The van der Waals surface area contributed by atoms with Crippen molar-refractivity contribution in [3.05, 3.63) is 29.3 Å². The minimum Gasteiger partial charge on any atom is -0.370 e. The van der Waals surface area contributed by atoms with E-state index in [0.29, 0.717) is 0 Å². The molecule has 2 nitrogen and oxygen atoms in total. The second-order valence-electron chi connectivity index (χ2n) is 3.37. The molecule has 0 fully saturated rings. The highest BCUT2D eigenvalue weighted by Crippen LogP contribution is 2.14. The molecule has 0 heterocycles. The van der Waals surface area contributed by atoms with E-state index in [1.165, 1.54) is 11.1 Å². The molecule has 0 bridgehead atoms. The van der Waals surface area contributed by atoms with Crippen molar-refractivity contribution in [2.75, 3.05) is 5.32 Å². The number of hydrogen-bond donors (Lipinski definition) is 1. The molecule has 1 rings (SSSR count). The SMILES string of the molecule is Cc1cc(C)cc(NC(C)C#N)c1. The summed E-state index contributed by atoms with van der Waals surface area (Å²) in [5.41, 5.74) is 3.45. The Bertz CT molecular complexity index is 316. The van der Waals surface area contributed by atoms with Crippen LogP contribution in [0.2, 0.25) is 0 Å². The van der Waals surface area contributed by atoms with Crippen LogP contribution in [0.25, 0.3) is 0 Å². The Labute approximate surface area is 79.2 Å². The molecule has 2 heteroatoms. The third kappa shape index (κ3) is 2.79. The van der Waals surface area contributed by atoms with Gasteiger partial charge in [-0.15, -0.1) is 0 Å². The van der Waals surface area contributed by atoms with Gasteiger partial charge in [0.1, 0.15) is 6.04 Å². The zero-order valence-electron chi connectivity index (χ0n) is 8.26. The van der Waals surface area contributed by atoms with Crippen molar-refractivity contribution in [1.82, 2.24) is 0 Å². The molecule has 1 aromatic rings. The summed E-state index contributed by atoms with van der Waals surface area (Å²) in [4.78, 5) is 0. The Balaban J connectivity index is 2.84. The minimum absolute atomic E-state index is 0.138.